The molecule has 118 valence electrons. The number of carbonyl (C=O) groups is 1. The van der Waals surface area contributed by atoms with E-state index in [0.29, 0.717) is 0 Å². The monoisotopic (exact) mass is 326 g/mol. The van der Waals surface area contributed by atoms with Crippen LogP contribution in [-0.2, 0) is 14.6 Å². The summed E-state index contributed by atoms with van der Waals surface area (Å²) in [6.45, 7) is 0.769. The molecule has 0 saturated heterocycles. The van der Waals surface area contributed by atoms with Crippen LogP contribution in [0.15, 0.2) is 23.1 Å². The predicted molar refractivity (Wildman–Crippen MR) is 67.0 cm³/mol. The number of sulfone groups is 1. The van der Waals surface area contributed by atoms with Gasteiger partial charge in [0, 0.05) is 6.26 Å². The van der Waals surface area contributed by atoms with Crippen molar-refractivity contribution >= 4 is 15.8 Å². The molecule has 0 radical (unpaired) electrons. The Labute approximate surface area is 119 Å². The minimum absolute atomic E-state index is 0.227. The van der Waals surface area contributed by atoms with Crippen LogP contribution in [0.3, 0.4) is 0 Å². The Morgan fingerprint density at radius 3 is 2.29 bits per heavy atom. The first-order valence-corrected chi connectivity index (χ1v) is 7.51. The summed E-state index contributed by atoms with van der Waals surface area (Å²) in [4.78, 5) is 11.3. The highest BCUT2D eigenvalue weighted by molar-refractivity contribution is 7.90. The highest BCUT2D eigenvalue weighted by Gasteiger charge is 2.38. The van der Waals surface area contributed by atoms with Gasteiger partial charge in [0.15, 0.2) is 15.9 Å². The zero-order valence-corrected chi connectivity index (χ0v) is 12.2. The van der Waals surface area contributed by atoms with Gasteiger partial charge in [-0.1, -0.05) is 0 Å². The van der Waals surface area contributed by atoms with Crippen LogP contribution in [0.25, 0.3) is 0 Å². The minimum atomic E-state index is -4.62. The molecule has 0 unspecified atom stereocenters. The van der Waals surface area contributed by atoms with Gasteiger partial charge in [-0.2, -0.15) is 13.2 Å². The van der Waals surface area contributed by atoms with E-state index in [-0.39, 0.29) is 4.90 Å². The number of halogens is 3. The maximum absolute atomic E-state index is 12.5. The number of hydrogen-bond donors (Lipinski definition) is 0. The molecule has 0 saturated carbocycles. The lowest BCUT2D eigenvalue weighted by molar-refractivity contribution is -0.189. The maximum atomic E-state index is 12.5. The Morgan fingerprint density at radius 1 is 1.29 bits per heavy atom. The summed E-state index contributed by atoms with van der Waals surface area (Å²) in [5, 5.41) is 0. The molecule has 9 heteroatoms. The standard InChI is InChI=1S/C12H13F3O5S/c1-7(12(13,14)15)20-10-5-4-8(21(3,17)18)6-9(10)11(16)19-2/h4-7H,1-3H3/t7-/m1/s1. The van der Waals surface area contributed by atoms with Crippen molar-refractivity contribution in [1.82, 2.24) is 0 Å². The maximum Gasteiger partial charge on any atom is 0.425 e. The highest BCUT2D eigenvalue weighted by atomic mass is 32.2. The molecule has 0 aliphatic heterocycles. The van der Waals surface area contributed by atoms with Crippen molar-refractivity contribution in [3.05, 3.63) is 23.8 Å². The van der Waals surface area contributed by atoms with Crippen LogP contribution >= 0.6 is 0 Å². The minimum Gasteiger partial charge on any atom is -0.480 e. The lowest BCUT2D eigenvalue weighted by atomic mass is 10.2. The largest absolute Gasteiger partial charge is 0.480 e. The van der Waals surface area contributed by atoms with Crippen LogP contribution in [-0.4, -0.2) is 40.0 Å². The number of methoxy groups -OCH3 is 1. The quantitative estimate of drug-likeness (QED) is 0.794. The summed E-state index contributed by atoms with van der Waals surface area (Å²) >= 11 is 0. The summed E-state index contributed by atoms with van der Waals surface area (Å²) in [6, 6.07) is 2.96. The number of carbonyl (C=O) groups excluding carboxylic acids is 1. The molecule has 21 heavy (non-hydrogen) atoms. The molecular weight excluding hydrogens is 313 g/mol. The Balaban J connectivity index is 3.30. The molecule has 0 heterocycles. The van der Waals surface area contributed by atoms with Gasteiger partial charge in [-0.05, 0) is 25.1 Å². The van der Waals surface area contributed by atoms with Gasteiger partial charge in [0.2, 0.25) is 0 Å². The van der Waals surface area contributed by atoms with E-state index in [1.54, 1.807) is 0 Å². The summed E-state index contributed by atoms with van der Waals surface area (Å²) in [7, 11) is -2.61. The van der Waals surface area contributed by atoms with Crippen molar-refractivity contribution in [2.24, 2.45) is 0 Å². The molecular formula is C12H13F3O5S. The van der Waals surface area contributed by atoms with Crippen molar-refractivity contribution < 1.29 is 35.9 Å². The van der Waals surface area contributed by atoms with E-state index in [0.717, 1.165) is 38.5 Å². The fourth-order valence-corrected chi connectivity index (χ4v) is 2.02. The zero-order chi connectivity index (χ0) is 16.4. The average molecular weight is 326 g/mol. The zero-order valence-electron chi connectivity index (χ0n) is 11.4. The highest BCUT2D eigenvalue weighted by Crippen LogP contribution is 2.29. The predicted octanol–water partition coefficient (Wildman–Crippen LogP) is 2.21. The van der Waals surface area contributed by atoms with Crippen LogP contribution in [0.2, 0.25) is 0 Å². The van der Waals surface area contributed by atoms with Crippen LogP contribution in [0.5, 0.6) is 5.75 Å². The second-order valence-corrected chi connectivity index (χ2v) is 6.24. The number of alkyl halides is 3. The van der Waals surface area contributed by atoms with E-state index < -0.39 is 39.4 Å². The fourth-order valence-electron chi connectivity index (χ4n) is 1.37. The number of rotatable bonds is 4. The Bertz CT molecular complexity index is 637. The van der Waals surface area contributed by atoms with Gasteiger partial charge in [-0.15, -0.1) is 0 Å². The van der Waals surface area contributed by atoms with Crippen molar-refractivity contribution in [2.45, 2.75) is 24.1 Å². The SMILES string of the molecule is COC(=O)c1cc(S(C)(=O)=O)ccc1O[C@H](C)C(F)(F)F. The van der Waals surface area contributed by atoms with Crippen molar-refractivity contribution in [3.8, 4) is 5.75 Å². The van der Waals surface area contributed by atoms with Gasteiger partial charge in [0.05, 0.1) is 12.0 Å². The van der Waals surface area contributed by atoms with E-state index >= 15 is 0 Å². The van der Waals surface area contributed by atoms with Gasteiger partial charge in [0.25, 0.3) is 0 Å². The lowest BCUT2D eigenvalue weighted by Crippen LogP contribution is -2.31. The third-order valence-corrected chi connectivity index (χ3v) is 3.66. The Hall–Kier alpha value is -1.77. The normalized spacial score (nSPS) is 13.6. The summed E-state index contributed by atoms with van der Waals surface area (Å²) < 4.78 is 69.4. The smallest absolute Gasteiger partial charge is 0.425 e. The first-order valence-electron chi connectivity index (χ1n) is 5.62. The van der Waals surface area contributed by atoms with Crippen molar-refractivity contribution in [3.63, 3.8) is 0 Å². The number of esters is 1. The summed E-state index contributed by atoms with van der Waals surface area (Å²) in [5.74, 6) is -1.40. The van der Waals surface area contributed by atoms with Gasteiger partial charge >= 0.3 is 12.1 Å². The molecule has 0 bridgehead atoms. The molecule has 1 rings (SSSR count). The second kappa shape index (κ2) is 5.92. The molecule has 0 N–H and O–H groups in total. The fraction of sp³-hybridized carbons (Fsp3) is 0.417. The van der Waals surface area contributed by atoms with Gasteiger partial charge < -0.3 is 9.47 Å². The van der Waals surface area contributed by atoms with E-state index in [2.05, 4.69) is 9.47 Å². The molecule has 1 aromatic carbocycles. The molecule has 0 fully saturated rings. The van der Waals surface area contributed by atoms with Crippen LogP contribution in [0.1, 0.15) is 17.3 Å². The Morgan fingerprint density at radius 2 is 1.86 bits per heavy atom. The van der Waals surface area contributed by atoms with Crippen molar-refractivity contribution in [1.29, 1.82) is 0 Å². The van der Waals surface area contributed by atoms with Gasteiger partial charge in [0.1, 0.15) is 11.3 Å². The molecule has 0 amide bonds. The third-order valence-electron chi connectivity index (χ3n) is 2.55. The van der Waals surface area contributed by atoms with Crippen LogP contribution in [0, 0.1) is 0 Å². The first-order chi connectivity index (χ1) is 9.46. The Kier molecular flexibility index (Phi) is 4.87. The van der Waals surface area contributed by atoms with E-state index in [1.807, 2.05) is 0 Å². The molecule has 1 atom stereocenters. The third kappa shape index (κ3) is 4.35. The van der Waals surface area contributed by atoms with E-state index in [9.17, 15) is 26.4 Å². The van der Waals surface area contributed by atoms with Gasteiger partial charge in [-0.25, -0.2) is 13.2 Å². The number of hydrogen-bond acceptors (Lipinski definition) is 5. The molecule has 0 spiro atoms. The molecule has 0 aromatic heterocycles. The lowest BCUT2D eigenvalue weighted by Gasteiger charge is -2.19. The van der Waals surface area contributed by atoms with Crippen LogP contribution < -0.4 is 4.74 Å². The summed E-state index contributed by atoms with van der Waals surface area (Å²) in [6.07, 6.45) is -5.88. The summed E-state index contributed by atoms with van der Waals surface area (Å²) in [5.41, 5.74) is -0.392. The topological polar surface area (TPSA) is 69.7 Å². The molecule has 0 aliphatic rings. The van der Waals surface area contributed by atoms with Gasteiger partial charge in [-0.3, -0.25) is 0 Å². The van der Waals surface area contributed by atoms with Crippen molar-refractivity contribution in [2.75, 3.05) is 13.4 Å². The first kappa shape index (κ1) is 17.3. The second-order valence-electron chi connectivity index (χ2n) is 4.22. The molecule has 0 aliphatic carbocycles. The number of ether oxygens (including phenoxy) is 2. The average Bonchev–Trinajstić information content (AvgIpc) is 2.35. The number of benzene rings is 1. The van der Waals surface area contributed by atoms with Crippen LogP contribution in [0.4, 0.5) is 13.2 Å². The van der Waals surface area contributed by atoms with E-state index in [1.165, 1.54) is 0 Å². The molecule has 1 aromatic rings. The molecule has 5 nitrogen and oxygen atoms in total. The van der Waals surface area contributed by atoms with E-state index in [4.69, 9.17) is 0 Å².